The molecule has 1 amide bonds. The van der Waals surface area contributed by atoms with Gasteiger partial charge in [-0.15, -0.1) is 12.4 Å². The van der Waals surface area contributed by atoms with Crippen LogP contribution in [-0.4, -0.2) is 22.6 Å². The predicted octanol–water partition coefficient (Wildman–Crippen LogP) is 3.03. The minimum Gasteiger partial charge on any atom is -0.320 e. The molecule has 2 heterocycles. The lowest BCUT2D eigenvalue weighted by atomic mass is 9.86. The van der Waals surface area contributed by atoms with E-state index in [2.05, 4.69) is 47.7 Å². The van der Waals surface area contributed by atoms with E-state index in [0.717, 1.165) is 35.5 Å². The van der Waals surface area contributed by atoms with E-state index in [1.807, 2.05) is 18.2 Å². The van der Waals surface area contributed by atoms with Gasteiger partial charge in [-0.25, -0.2) is 0 Å². The average molecular weight is 335 g/mol. The Bertz CT molecular complexity index is 703. The Labute approximate surface area is 142 Å². The summed E-state index contributed by atoms with van der Waals surface area (Å²) in [6.45, 7) is 8.02. The van der Waals surface area contributed by atoms with Crippen molar-refractivity contribution in [3.05, 3.63) is 46.8 Å². The maximum absolute atomic E-state index is 12.6. The molecule has 0 fully saturated rings. The Morgan fingerprint density at radius 2 is 2.00 bits per heavy atom. The maximum Gasteiger partial charge on any atom is 0.276 e. The molecule has 6 heteroatoms. The Balaban J connectivity index is 0.00000192. The van der Waals surface area contributed by atoms with E-state index in [-0.39, 0.29) is 23.7 Å². The van der Waals surface area contributed by atoms with Crippen molar-refractivity contribution in [3.8, 4) is 0 Å². The molecule has 3 N–H and O–H groups in total. The Morgan fingerprint density at radius 3 is 2.74 bits per heavy atom. The van der Waals surface area contributed by atoms with Crippen LogP contribution in [0.25, 0.3) is 0 Å². The van der Waals surface area contributed by atoms with Gasteiger partial charge >= 0.3 is 0 Å². The van der Waals surface area contributed by atoms with Crippen LogP contribution in [0, 0.1) is 0 Å². The molecule has 0 saturated carbocycles. The van der Waals surface area contributed by atoms with Crippen LogP contribution >= 0.6 is 12.4 Å². The molecule has 0 radical (unpaired) electrons. The number of aromatic amines is 1. The summed E-state index contributed by atoms with van der Waals surface area (Å²) < 4.78 is 0. The van der Waals surface area contributed by atoms with Gasteiger partial charge in [-0.3, -0.25) is 9.89 Å². The summed E-state index contributed by atoms with van der Waals surface area (Å²) in [4.78, 5) is 12.6. The molecule has 1 aliphatic heterocycles. The summed E-state index contributed by atoms with van der Waals surface area (Å²) in [5.74, 6) is -0.155. The number of para-hydroxylation sites is 1. The van der Waals surface area contributed by atoms with E-state index < -0.39 is 0 Å². The molecular weight excluding hydrogens is 312 g/mol. The molecule has 3 rings (SSSR count). The first-order valence-electron chi connectivity index (χ1n) is 7.64. The molecule has 0 bridgehead atoms. The largest absolute Gasteiger partial charge is 0.320 e. The molecule has 0 unspecified atom stereocenters. The van der Waals surface area contributed by atoms with Gasteiger partial charge in [0, 0.05) is 36.5 Å². The number of hydrogen-bond acceptors (Lipinski definition) is 3. The highest BCUT2D eigenvalue weighted by Crippen LogP contribution is 2.29. The van der Waals surface area contributed by atoms with Gasteiger partial charge in [-0.1, -0.05) is 39.0 Å². The number of fused-ring (bicyclic) bond motifs is 1. The Hall–Kier alpha value is -1.85. The van der Waals surface area contributed by atoms with Crippen LogP contribution in [0.3, 0.4) is 0 Å². The smallest absolute Gasteiger partial charge is 0.276 e. The zero-order chi connectivity index (χ0) is 15.7. The molecular formula is C17H23ClN4O. The molecule has 124 valence electrons. The normalized spacial score (nSPS) is 13.9. The summed E-state index contributed by atoms with van der Waals surface area (Å²) in [6, 6.07) is 7.93. The second kappa shape index (κ2) is 6.72. The molecule has 0 atom stereocenters. The van der Waals surface area contributed by atoms with Crippen molar-refractivity contribution in [1.82, 2.24) is 15.5 Å². The summed E-state index contributed by atoms with van der Waals surface area (Å²) in [5.41, 5.74) is 4.47. The van der Waals surface area contributed by atoms with Crippen LogP contribution in [-0.2, 0) is 18.4 Å². The summed E-state index contributed by atoms with van der Waals surface area (Å²) in [7, 11) is 0. The van der Waals surface area contributed by atoms with E-state index in [1.165, 1.54) is 0 Å². The van der Waals surface area contributed by atoms with Gasteiger partial charge in [0.2, 0.25) is 0 Å². The highest BCUT2D eigenvalue weighted by molar-refractivity contribution is 6.04. The number of rotatable bonds is 2. The van der Waals surface area contributed by atoms with E-state index in [4.69, 9.17) is 0 Å². The van der Waals surface area contributed by atoms with Crippen LogP contribution in [0.4, 0.5) is 5.69 Å². The number of carbonyl (C=O) groups is 1. The van der Waals surface area contributed by atoms with Crippen molar-refractivity contribution in [2.45, 2.75) is 39.2 Å². The third kappa shape index (κ3) is 3.57. The van der Waals surface area contributed by atoms with Gasteiger partial charge in [0.05, 0.1) is 0 Å². The second-order valence-electron chi connectivity index (χ2n) is 6.71. The fraction of sp³-hybridized carbons (Fsp3) is 0.412. The first kappa shape index (κ1) is 17.5. The monoisotopic (exact) mass is 334 g/mol. The second-order valence-corrected chi connectivity index (χ2v) is 6.71. The molecule has 2 aromatic rings. The van der Waals surface area contributed by atoms with Gasteiger partial charge in [-0.2, -0.15) is 5.10 Å². The van der Waals surface area contributed by atoms with Gasteiger partial charge < -0.3 is 10.6 Å². The summed E-state index contributed by atoms with van der Waals surface area (Å²) in [6.07, 6.45) is 0.883. The average Bonchev–Trinajstić information content (AvgIpc) is 2.90. The third-order valence-electron chi connectivity index (χ3n) is 4.00. The van der Waals surface area contributed by atoms with Crippen LogP contribution in [0.2, 0.25) is 0 Å². The lowest BCUT2D eigenvalue weighted by Crippen LogP contribution is -2.26. The number of hydrogen-bond donors (Lipinski definition) is 3. The van der Waals surface area contributed by atoms with E-state index >= 15 is 0 Å². The number of amides is 1. The van der Waals surface area contributed by atoms with Gasteiger partial charge in [-0.05, 0) is 17.0 Å². The van der Waals surface area contributed by atoms with E-state index in [1.54, 1.807) is 0 Å². The summed E-state index contributed by atoms with van der Waals surface area (Å²) in [5, 5.41) is 13.5. The molecule has 5 nitrogen and oxygen atoms in total. The highest BCUT2D eigenvalue weighted by atomic mass is 35.5. The summed E-state index contributed by atoms with van der Waals surface area (Å²) >= 11 is 0. The zero-order valence-electron chi connectivity index (χ0n) is 13.7. The Morgan fingerprint density at radius 1 is 1.26 bits per heavy atom. The standard InChI is InChI=1S/C17H22N4O.ClH/c1-17(2,3)12-6-4-5-7-14(12)19-16(22)15-11-10-18-9-8-13(11)20-21-15;/h4-7,18H,8-10H2,1-3H3,(H,19,22)(H,20,21);1H. The van der Waals surface area contributed by atoms with Crippen LogP contribution in [0.1, 0.15) is 48.1 Å². The number of halogens is 1. The predicted molar refractivity (Wildman–Crippen MR) is 94.3 cm³/mol. The zero-order valence-corrected chi connectivity index (χ0v) is 14.5. The number of nitrogens with zero attached hydrogens (tertiary/aromatic N) is 1. The molecule has 0 saturated heterocycles. The van der Waals surface area contributed by atoms with Crippen molar-refractivity contribution >= 4 is 24.0 Å². The maximum atomic E-state index is 12.6. The minimum atomic E-state index is -0.155. The van der Waals surface area contributed by atoms with E-state index in [9.17, 15) is 4.79 Å². The number of H-pyrrole nitrogens is 1. The highest BCUT2D eigenvalue weighted by Gasteiger charge is 2.23. The van der Waals surface area contributed by atoms with Crippen molar-refractivity contribution in [3.63, 3.8) is 0 Å². The van der Waals surface area contributed by atoms with Crippen LogP contribution < -0.4 is 10.6 Å². The molecule has 0 spiro atoms. The number of carbonyl (C=O) groups excluding carboxylic acids is 1. The number of benzene rings is 1. The number of aromatic nitrogens is 2. The van der Waals surface area contributed by atoms with Crippen LogP contribution in [0.5, 0.6) is 0 Å². The van der Waals surface area contributed by atoms with Gasteiger partial charge in [0.25, 0.3) is 5.91 Å². The van der Waals surface area contributed by atoms with Crippen molar-refractivity contribution in [2.24, 2.45) is 0 Å². The molecule has 1 aromatic carbocycles. The van der Waals surface area contributed by atoms with Crippen molar-refractivity contribution in [2.75, 3.05) is 11.9 Å². The third-order valence-corrected chi connectivity index (χ3v) is 4.00. The lowest BCUT2D eigenvalue weighted by molar-refractivity contribution is 0.102. The molecule has 1 aliphatic rings. The first-order valence-corrected chi connectivity index (χ1v) is 7.64. The SMILES string of the molecule is CC(C)(C)c1ccccc1NC(=O)c1n[nH]c2c1CNCC2.Cl. The Kier molecular flexibility index (Phi) is 5.12. The molecule has 1 aromatic heterocycles. The first-order chi connectivity index (χ1) is 10.5. The van der Waals surface area contributed by atoms with Crippen LogP contribution in [0.15, 0.2) is 24.3 Å². The quantitative estimate of drug-likeness (QED) is 0.790. The minimum absolute atomic E-state index is 0. The number of anilines is 1. The number of nitrogens with one attached hydrogen (secondary N) is 3. The van der Waals surface area contributed by atoms with Gasteiger partial charge in [0.15, 0.2) is 5.69 Å². The molecule has 23 heavy (non-hydrogen) atoms. The lowest BCUT2D eigenvalue weighted by Gasteiger charge is -2.23. The van der Waals surface area contributed by atoms with Gasteiger partial charge in [0.1, 0.15) is 0 Å². The fourth-order valence-corrected chi connectivity index (χ4v) is 2.84. The topological polar surface area (TPSA) is 69.8 Å². The van der Waals surface area contributed by atoms with Crippen molar-refractivity contribution < 1.29 is 4.79 Å². The molecule has 0 aliphatic carbocycles. The van der Waals surface area contributed by atoms with E-state index in [0.29, 0.717) is 12.2 Å². The van der Waals surface area contributed by atoms with Crippen molar-refractivity contribution in [1.29, 1.82) is 0 Å². The fourth-order valence-electron chi connectivity index (χ4n) is 2.84.